The van der Waals surface area contributed by atoms with Gasteiger partial charge < -0.3 is 4.74 Å². The zero-order valence-corrected chi connectivity index (χ0v) is 16.9. The molecule has 1 aliphatic rings. The molecule has 0 radical (unpaired) electrons. The molecule has 146 valence electrons. The van der Waals surface area contributed by atoms with Crippen molar-refractivity contribution in [3.8, 4) is 0 Å². The lowest BCUT2D eigenvalue weighted by molar-refractivity contribution is -0.150. The summed E-state index contributed by atoms with van der Waals surface area (Å²) in [5, 5.41) is 4.85. The van der Waals surface area contributed by atoms with Gasteiger partial charge in [-0.2, -0.15) is 0 Å². The second-order valence-corrected chi connectivity index (χ2v) is 7.59. The Balaban J connectivity index is 1.64. The highest BCUT2D eigenvalue weighted by Crippen LogP contribution is 2.32. The van der Waals surface area contributed by atoms with Crippen molar-refractivity contribution < 1.29 is 23.9 Å². The number of aromatic nitrogens is 1. The molecule has 0 aliphatic carbocycles. The smallest absolute Gasteiger partial charge is 0.329 e. The summed E-state index contributed by atoms with van der Waals surface area (Å²) < 4.78 is 4.93. The molecule has 1 atom stereocenters. The third kappa shape index (κ3) is 3.87. The third-order valence-electron chi connectivity index (χ3n) is 3.90. The molecule has 8 nitrogen and oxygen atoms in total. The number of nitrogens with zero attached hydrogens (tertiary/aromatic N) is 2. The highest BCUT2D eigenvalue weighted by atomic mass is 35.5. The van der Waals surface area contributed by atoms with Gasteiger partial charge in [0.1, 0.15) is 6.04 Å². The van der Waals surface area contributed by atoms with Crippen molar-refractivity contribution in [2.75, 3.05) is 11.9 Å². The number of carbonyl (C=O) groups excluding carboxylic acids is 4. The monoisotopic (exact) mass is 441 g/mol. The van der Waals surface area contributed by atoms with Crippen molar-refractivity contribution in [2.45, 2.75) is 19.9 Å². The summed E-state index contributed by atoms with van der Waals surface area (Å²) in [6.45, 7) is 2.52. The molecule has 28 heavy (non-hydrogen) atoms. The van der Waals surface area contributed by atoms with Crippen LogP contribution in [-0.4, -0.2) is 46.2 Å². The van der Waals surface area contributed by atoms with Crippen LogP contribution in [0.3, 0.4) is 0 Å². The summed E-state index contributed by atoms with van der Waals surface area (Å²) >= 11 is 13.0. The number of nitrogens with one attached hydrogen (secondary N) is 1. The molecule has 1 aliphatic heterocycles. The van der Waals surface area contributed by atoms with E-state index in [-0.39, 0.29) is 21.2 Å². The lowest BCUT2D eigenvalue weighted by atomic mass is 10.1. The molecule has 3 rings (SSSR count). The van der Waals surface area contributed by atoms with Crippen molar-refractivity contribution in [3.05, 3.63) is 44.4 Å². The molecule has 0 saturated carbocycles. The number of hydrogen-bond acceptors (Lipinski definition) is 7. The first-order valence-corrected chi connectivity index (χ1v) is 9.58. The van der Waals surface area contributed by atoms with Gasteiger partial charge in [-0.1, -0.05) is 23.2 Å². The molecular formula is C17H13Cl2N3O5S. The molecule has 0 unspecified atom stereocenters. The largest absolute Gasteiger partial charge is 0.454 e. The van der Waals surface area contributed by atoms with Crippen LogP contribution in [0.1, 0.15) is 33.3 Å². The van der Waals surface area contributed by atoms with Crippen LogP contribution in [-0.2, 0) is 14.3 Å². The number of amides is 3. The summed E-state index contributed by atoms with van der Waals surface area (Å²) in [6.07, 6.45) is 0. The minimum absolute atomic E-state index is 0.0518. The molecule has 0 spiro atoms. The number of anilines is 1. The van der Waals surface area contributed by atoms with Gasteiger partial charge in [0, 0.05) is 5.38 Å². The number of hydrogen-bond donors (Lipinski definition) is 1. The number of fused-ring (bicyclic) bond motifs is 1. The van der Waals surface area contributed by atoms with Crippen LogP contribution in [0.15, 0.2) is 17.5 Å². The average molecular weight is 442 g/mol. The molecule has 0 saturated heterocycles. The summed E-state index contributed by atoms with van der Waals surface area (Å²) in [6, 6.07) is 1.32. The summed E-state index contributed by atoms with van der Waals surface area (Å²) in [5.74, 6) is -2.87. The van der Waals surface area contributed by atoms with Crippen molar-refractivity contribution in [1.82, 2.24) is 9.88 Å². The van der Waals surface area contributed by atoms with Gasteiger partial charge in [0.15, 0.2) is 11.7 Å². The van der Waals surface area contributed by atoms with Gasteiger partial charge in [0.2, 0.25) is 0 Å². The van der Waals surface area contributed by atoms with Crippen LogP contribution in [0.25, 0.3) is 0 Å². The first-order valence-electron chi connectivity index (χ1n) is 7.94. The normalized spacial score (nSPS) is 14.1. The van der Waals surface area contributed by atoms with Crippen LogP contribution < -0.4 is 5.32 Å². The predicted molar refractivity (Wildman–Crippen MR) is 103 cm³/mol. The highest BCUT2D eigenvalue weighted by molar-refractivity contribution is 7.13. The Kier molecular flexibility index (Phi) is 5.69. The van der Waals surface area contributed by atoms with Crippen molar-refractivity contribution in [2.24, 2.45) is 0 Å². The van der Waals surface area contributed by atoms with Crippen LogP contribution in [0, 0.1) is 6.92 Å². The van der Waals surface area contributed by atoms with E-state index in [0.29, 0.717) is 5.13 Å². The number of aryl methyl sites for hydroxylation is 1. The molecule has 0 bridgehead atoms. The van der Waals surface area contributed by atoms with Crippen molar-refractivity contribution in [3.63, 3.8) is 0 Å². The topological polar surface area (TPSA) is 106 Å². The minimum atomic E-state index is -1.24. The number of imide groups is 1. The second kappa shape index (κ2) is 7.86. The van der Waals surface area contributed by atoms with Gasteiger partial charge in [-0.15, -0.1) is 11.3 Å². The Labute approximate surface area is 173 Å². The number of carbonyl (C=O) groups is 4. The molecule has 1 N–H and O–H groups in total. The molecule has 2 heterocycles. The SMILES string of the molecule is Cc1csc(NC(=O)COC(=O)[C@@H](C)N2C(=O)c3cc(Cl)c(Cl)cc3C2=O)n1. The summed E-state index contributed by atoms with van der Waals surface area (Å²) in [7, 11) is 0. The molecule has 2 aromatic rings. The standard InChI is InChI=1S/C17H13Cl2N3O5S/c1-7-6-28-17(20-7)21-13(23)5-27-16(26)8(2)22-14(24)9-3-11(18)12(19)4-10(9)15(22)25/h3-4,6,8H,5H2,1-2H3,(H,20,21,23)/t8-/m1/s1. The minimum Gasteiger partial charge on any atom is -0.454 e. The second-order valence-electron chi connectivity index (χ2n) is 5.92. The van der Waals surface area contributed by atoms with Gasteiger partial charge in [-0.25, -0.2) is 9.78 Å². The van der Waals surface area contributed by atoms with Gasteiger partial charge >= 0.3 is 5.97 Å². The molecule has 3 amide bonds. The van der Waals surface area contributed by atoms with E-state index in [1.807, 2.05) is 0 Å². The van der Waals surface area contributed by atoms with E-state index < -0.39 is 36.3 Å². The van der Waals surface area contributed by atoms with Gasteiger partial charge in [0.25, 0.3) is 17.7 Å². The Morgan fingerprint density at radius 2 is 1.79 bits per heavy atom. The quantitative estimate of drug-likeness (QED) is 0.564. The van der Waals surface area contributed by atoms with E-state index in [2.05, 4.69) is 10.3 Å². The van der Waals surface area contributed by atoms with Crippen molar-refractivity contribution in [1.29, 1.82) is 0 Å². The van der Waals surface area contributed by atoms with Crippen LogP contribution in [0.5, 0.6) is 0 Å². The molecule has 1 aromatic heterocycles. The predicted octanol–water partition coefficient (Wildman–Crippen LogP) is 2.92. The van der Waals surface area contributed by atoms with E-state index in [9.17, 15) is 19.2 Å². The van der Waals surface area contributed by atoms with E-state index in [1.165, 1.54) is 30.4 Å². The number of rotatable bonds is 5. The Morgan fingerprint density at radius 3 is 2.29 bits per heavy atom. The fraction of sp³-hybridized carbons (Fsp3) is 0.235. The maximum atomic E-state index is 12.5. The Morgan fingerprint density at radius 1 is 1.21 bits per heavy atom. The number of esters is 1. The Bertz CT molecular complexity index is 966. The van der Waals surface area contributed by atoms with Gasteiger partial charge in [-0.05, 0) is 26.0 Å². The van der Waals surface area contributed by atoms with E-state index in [0.717, 1.165) is 10.6 Å². The molecular weight excluding hydrogens is 429 g/mol. The lowest BCUT2D eigenvalue weighted by Gasteiger charge is -2.20. The average Bonchev–Trinajstić information content (AvgIpc) is 3.14. The molecule has 1 aromatic carbocycles. The highest BCUT2D eigenvalue weighted by Gasteiger charge is 2.42. The maximum Gasteiger partial charge on any atom is 0.329 e. The number of thiazole rings is 1. The van der Waals surface area contributed by atoms with E-state index in [1.54, 1.807) is 12.3 Å². The molecule has 11 heteroatoms. The lowest BCUT2D eigenvalue weighted by Crippen LogP contribution is -2.44. The maximum absolute atomic E-state index is 12.5. The zero-order chi connectivity index (χ0) is 20.6. The van der Waals surface area contributed by atoms with Gasteiger partial charge in [0.05, 0.1) is 26.9 Å². The van der Waals surface area contributed by atoms with Gasteiger partial charge in [-0.3, -0.25) is 24.6 Å². The number of ether oxygens (including phenoxy) is 1. The zero-order valence-electron chi connectivity index (χ0n) is 14.6. The van der Waals surface area contributed by atoms with Crippen LogP contribution >= 0.6 is 34.5 Å². The number of benzene rings is 1. The Hall–Kier alpha value is -2.49. The number of halogens is 2. The fourth-order valence-electron chi connectivity index (χ4n) is 2.53. The summed E-state index contributed by atoms with van der Waals surface area (Å²) in [4.78, 5) is 53.9. The van der Waals surface area contributed by atoms with E-state index in [4.69, 9.17) is 27.9 Å². The molecule has 0 fully saturated rings. The third-order valence-corrected chi connectivity index (χ3v) is 5.50. The van der Waals surface area contributed by atoms with Crippen LogP contribution in [0.2, 0.25) is 10.0 Å². The fourth-order valence-corrected chi connectivity index (χ4v) is 3.57. The first-order chi connectivity index (χ1) is 13.2. The van der Waals surface area contributed by atoms with E-state index >= 15 is 0 Å². The summed E-state index contributed by atoms with van der Waals surface area (Å²) in [5.41, 5.74) is 0.851. The van der Waals surface area contributed by atoms with Crippen LogP contribution in [0.4, 0.5) is 5.13 Å². The van der Waals surface area contributed by atoms with Crippen molar-refractivity contribution >= 4 is 63.4 Å². The first kappa shape index (κ1) is 20.2.